The van der Waals surface area contributed by atoms with Crippen molar-refractivity contribution >= 4 is 17.3 Å². The monoisotopic (exact) mass is 298 g/mol. The zero-order chi connectivity index (χ0) is 15.5. The third-order valence-electron chi connectivity index (χ3n) is 3.56. The highest BCUT2D eigenvalue weighted by Crippen LogP contribution is 2.36. The Labute approximate surface area is 129 Å². The zero-order valence-electron chi connectivity index (χ0n) is 12.4. The maximum absolute atomic E-state index is 12.1. The lowest BCUT2D eigenvalue weighted by Gasteiger charge is -2.30. The van der Waals surface area contributed by atoms with E-state index in [9.17, 15) is 4.79 Å². The number of aryl methyl sites for hydroxylation is 1. The van der Waals surface area contributed by atoms with E-state index in [0.29, 0.717) is 30.3 Å². The first-order valence-corrected chi connectivity index (χ1v) is 7.16. The molecule has 0 fully saturated rings. The van der Waals surface area contributed by atoms with Crippen molar-refractivity contribution in [3.05, 3.63) is 48.0 Å². The maximum atomic E-state index is 12.1. The van der Waals surface area contributed by atoms with Crippen LogP contribution in [-0.2, 0) is 4.79 Å². The van der Waals surface area contributed by atoms with Gasteiger partial charge in [-0.1, -0.05) is 23.8 Å². The SMILES string of the molecule is Cc1ccc(OCCN2C(=O)COc3cccc(N)c32)cc1. The number of rotatable bonds is 4. The molecule has 0 radical (unpaired) electrons. The number of nitrogen functional groups attached to an aromatic ring is 1. The topological polar surface area (TPSA) is 64.8 Å². The fourth-order valence-corrected chi connectivity index (χ4v) is 2.41. The highest BCUT2D eigenvalue weighted by molar-refractivity contribution is 6.01. The Bertz CT molecular complexity index is 683. The first kappa shape index (κ1) is 14.3. The molecule has 0 bridgehead atoms. The number of anilines is 2. The molecule has 1 amide bonds. The fourth-order valence-electron chi connectivity index (χ4n) is 2.41. The summed E-state index contributed by atoms with van der Waals surface area (Å²) in [6, 6.07) is 13.2. The third-order valence-corrected chi connectivity index (χ3v) is 3.56. The normalized spacial score (nSPS) is 13.5. The van der Waals surface area contributed by atoms with Crippen molar-refractivity contribution in [2.24, 2.45) is 0 Å². The molecule has 114 valence electrons. The van der Waals surface area contributed by atoms with Crippen LogP contribution in [0, 0.1) is 6.92 Å². The van der Waals surface area contributed by atoms with E-state index < -0.39 is 0 Å². The summed E-state index contributed by atoms with van der Waals surface area (Å²) in [5.41, 5.74) is 8.32. The van der Waals surface area contributed by atoms with E-state index in [1.807, 2.05) is 43.3 Å². The Balaban J connectivity index is 1.70. The fraction of sp³-hybridized carbons (Fsp3) is 0.235. The predicted octanol–water partition coefficient (Wildman–Crippen LogP) is 2.38. The molecule has 2 N–H and O–H groups in total. The summed E-state index contributed by atoms with van der Waals surface area (Å²) in [5.74, 6) is 1.31. The summed E-state index contributed by atoms with van der Waals surface area (Å²) < 4.78 is 11.1. The minimum Gasteiger partial charge on any atom is -0.492 e. The molecule has 0 aromatic heterocycles. The first-order chi connectivity index (χ1) is 10.6. The summed E-state index contributed by atoms with van der Waals surface area (Å²) in [7, 11) is 0. The maximum Gasteiger partial charge on any atom is 0.265 e. The Morgan fingerprint density at radius 2 is 2.00 bits per heavy atom. The molecule has 22 heavy (non-hydrogen) atoms. The molecule has 1 aliphatic heterocycles. The largest absolute Gasteiger partial charge is 0.492 e. The number of benzene rings is 2. The minimum atomic E-state index is -0.113. The smallest absolute Gasteiger partial charge is 0.265 e. The lowest BCUT2D eigenvalue weighted by molar-refractivity contribution is -0.121. The van der Waals surface area contributed by atoms with Crippen molar-refractivity contribution in [2.75, 3.05) is 30.4 Å². The van der Waals surface area contributed by atoms with E-state index in [2.05, 4.69) is 0 Å². The van der Waals surface area contributed by atoms with E-state index in [-0.39, 0.29) is 12.5 Å². The zero-order valence-corrected chi connectivity index (χ0v) is 12.4. The molecule has 0 saturated heterocycles. The van der Waals surface area contributed by atoms with Gasteiger partial charge in [-0.2, -0.15) is 0 Å². The molecule has 1 aliphatic rings. The molecule has 0 spiro atoms. The number of nitrogens with zero attached hydrogens (tertiary/aromatic N) is 1. The number of carbonyl (C=O) groups is 1. The average Bonchev–Trinajstić information content (AvgIpc) is 2.52. The Hall–Kier alpha value is -2.69. The van der Waals surface area contributed by atoms with Gasteiger partial charge >= 0.3 is 0 Å². The summed E-state index contributed by atoms with van der Waals surface area (Å²) in [5, 5.41) is 0. The molecular formula is C17H18N2O3. The Morgan fingerprint density at radius 1 is 1.23 bits per heavy atom. The number of ether oxygens (including phenoxy) is 2. The molecule has 0 atom stereocenters. The lowest BCUT2D eigenvalue weighted by Crippen LogP contribution is -2.41. The molecule has 0 saturated carbocycles. The van der Waals surface area contributed by atoms with Crippen LogP contribution >= 0.6 is 0 Å². The van der Waals surface area contributed by atoms with Crippen molar-refractivity contribution in [3.63, 3.8) is 0 Å². The summed E-state index contributed by atoms with van der Waals surface area (Å²) >= 11 is 0. The standard InChI is InChI=1S/C17H18N2O3/c1-12-5-7-13(8-6-12)21-10-9-19-16(20)11-22-15-4-2-3-14(18)17(15)19/h2-8H,9-11,18H2,1H3. The number of carbonyl (C=O) groups excluding carboxylic acids is 1. The highest BCUT2D eigenvalue weighted by atomic mass is 16.5. The lowest BCUT2D eigenvalue weighted by atomic mass is 10.2. The van der Waals surface area contributed by atoms with Crippen LogP contribution in [0.1, 0.15) is 5.56 Å². The number of fused-ring (bicyclic) bond motifs is 1. The summed E-state index contributed by atoms with van der Waals surface area (Å²) in [4.78, 5) is 13.7. The minimum absolute atomic E-state index is 0.0288. The number of hydrogen-bond acceptors (Lipinski definition) is 4. The van der Waals surface area contributed by atoms with Gasteiger partial charge in [-0.25, -0.2) is 0 Å². The summed E-state index contributed by atoms with van der Waals surface area (Å²) in [6.07, 6.45) is 0. The van der Waals surface area contributed by atoms with Crippen LogP contribution in [0.2, 0.25) is 0 Å². The Kier molecular flexibility index (Phi) is 3.87. The van der Waals surface area contributed by atoms with Gasteiger partial charge in [-0.15, -0.1) is 0 Å². The van der Waals surface area contributed by atoms with Gasteiger partial charge in [0.2, 0.25) is 0 Å². The van der Waals surface area contributed by atoms with Crippen molar-refractivity contribution in [2.45, 2.75) is 6.92 Å². The van der Waals surface area contributed by atoms with Gasteiger partial charge in [0.1, 0.15) is 23.8 Å². The second-order valence-corrected chi connectivity index (χ2v) is 5.19. The van der Waals surface area contributed by atoms with Crippen LogP contribution in [0.25, 0.3) is 0 Å². The van der Waals surface area contributed by atoms with Gasteiger partial charge in [0.15, 0.2) is 6.61 Å². The molecule has 1 heterocycles. The molecule has 3 rings (SSSR count). The van der Waals surface area contributed by atoms with Crippen LogP contribution in [0.4, 0.5) is 11.4 Å². The molecular weight excluding hydrogens is 280 g/mol. The van der Waals surface area contributed by atoms with E-state index in [1.54, 1.807) is 11.0 Å². The molecule has 0 unspecified atom stereocenters. The van der Waals surface area contributed by atoms with E-state index >= 15 is 0 Å². The first-order valence-electron chi connectivity index (χ1n) is 7.16. The molecule has 0 aliphatic carbocycles. The Morgan fingerprint density at radius 3 is 2.77 bits per heavy atom. The number of hydrogen-bond donors (Lipinski definition) is 1. The second kappa shape index (κ2) is 5.97. The van der Waals surface area contributed by atoms with E-state index in [1.165, 1.54) is 5.56 Å². The van der Waals surface area contributed by atoms with Crippen LogP contribution in [0.5, 0.6) is 11.5 Å². The van der Waals surface area contributed by atoms with Gasteiger partial charge in [-0.05, 0) is 31.2 Å². The van der Waals surface area contributed by atoms with Gasteiger partial charge in [-0.3, -0.25) is 4.79 Å². The molecule has 5 nitrogen and oxygen atoms in total. The van der Waals surface area contributed by atoms with Gasteiger partial charge in [0.05, 0.1) is 12.2 Å². The van der Waals surface area contributed by atoms with Crippen molar-refractivity contribution < 1.29 is 14.3 Å². The number of nitrogens with two attached hydrogens (primary N) is 1. The predicted molar refractivity (Wildman–Crippen MR) is 85.4 cm³/mol. The summed E-state index contributed by atoms with van der Waals surface area (Å²) in [6.45, 7) is 2.87. The quantitative estimate of drug-likeness (QED) is 0.880. The van der Waals surface area contributed by atoms with Crippen molar-refractivity contribution in [1.29, 1.82) is 0 Å². The van der Waals surface area contributed by atoms with Crippen molar-refractivity contribution in [3.8, 4) is 11.5 Å². The van der Waals surface area contributed by atoms with Crippen LogP contribution < -0.4 is 20.1 Å². The third kappa shape index (κ3) is 2.83. The molecule has 2 aromatic rings. The van der Waals surface area contributed by atoms with E-state index in [4.69, 9.17) is 15.2 Å². The van der Waals surface area contributed by atoms with Crippen LogP contribution in [0.15, 0.2) is 42.5 Å². The van der Waals surface area contributed by atoms with Gasteiger partial charge < -0.3 is 20.1 Å². The van der Waals surface area contributed by atoms with Gasteiger partial charge in [0, 0.05) is 0 Å². The number of para-hydroxylation sites is 1. The second-order valence-electron chi connectivity index (χ2n) is 5.19. The number of amides is 1. The average molecular weight is 298 g/mol. The molecule has 5 heteroatoms. The highest BCUT2D eigenvalue weighted by Gasteiger charge is 2.27. The van der Waals surface area contributed by atoms with E-state index in [0.717, 1.165) is 5.75 Å². The molecule has 2 aromatic carbocycles. The van der Waals surface area contributed by atoms with Crippen LogP contribution in [0.3, 0.4) is 0 Å². The van der Waals surface area contributed by atoms with Crippen LogP contribution in [-0.4, -0.2) is 25.7 Å². The van der Waals surface area contributed by atoms with Gasteiger partial charge in [0.25, 0.3) is 5.91 Å². The van der Waals surface area contributed by atoms with Crippen molar-refractivity contribution in [1.82, 2.24) is 0 Å².